The van der Waals surface area contributed by atoms with Crippen molar-refractivity contribution in [1.82, 2.24) is 20.3 Å². The van der Waals surface area contributed by atoms with Crippen LogP contribution in [-0.2, 0) is 14.8 Å². The van der Waals surface area contributed by atoms with Gasteiger partial charge < -0.3 is 9.73 Å². The van der Waals surface area contributed by atoms with Crippen LogP contribution in [0.4, 0.5) is 4.79 Å². The maximum Gasteiger partial charge on any atom is 0.322 e. The van der Waals surface area contributed by atoms with E-state index in [0.29, 0.717) is 35.1 Å². The summed E-state index contributed by atoms with van der Waals surface area (Å²) in [5, 5.41) is 7.08. The van der Waals surface area contributed by atoms with Gasteiger partial charge in [0.1, 0.15) is 21.7 Å². The maximum absolute atomic E-state index is 13.4. The molecule has 2 fully saturated rings. The summed E-state index contributed by atoms with van der Waals surface area (Å²) in [6, 6.07) is 16.1. The number of aromatic nitrogens is 1. The van der Waals surface area contributed by atoms with Crippen molar-refractivity contribution >= 4 is 43.7 Å². The van der Waals surface area contributed by atoms with E-state index in [-0.39, 0.29) is 17.4 Å². The van der Waals surface area contributed by atoms with Crippen molar-refractivity contribution < 1.29 is 22.4 Å². The molecular weight excluding hydrogens is 468 g/mol. The van der Waals surface area contributed by atoms with E-state index in [1.54, 1.807) is 12.1 Å². The minimum absolute atomic E-state index is 0.0235. The van der Waals surface area contributed by atoms with E-state index < -0.39 is 27.5 Å². The predicted molar refractivity (Wildman–Crippen MR) is 129 cm³/mol. The highest BCUT2D eigenvalue weighted by Gasteiger charge is 2.54. The number of urea groups is 1. The van der Waals surface area contributed by atoms with E-state index in [4.69, 9.17) is 4.42 Å². The molecule has 0 radical (unpaired) electrons. The smallest absolute Gasteiger partial charge is 0.322 e. The van der Waals surface area contributed by atoms with E-state index in [9.17, 15) is 18.0 Å². The fraction of sp³-hybridized carbons (Fsp3) is 0.240. The van der Waals surface area contributed by atoms with Crippen LogP contribution in [-0.4, -0.2) is 37.4 Å². The number of furan rings is 1. The van der Waals surface area contributed by atoms with Crippen LogP contribution in [0.2, 0.25) is 0 Å². The number of nitrogens with zero attached hydrogens (tertiary/aromatic N) is 1. The Bertz CT molecular complexity index is 1580. The van der Waals surface area contributed by atoms with Gasteiger partial charge in [-0.25, -0.2) is 17.9 Å². The molecule has 1 aliphatic heterocycles. The van der Waals surface area contributed by atoms with E-state index >= 15 is 0 Å². The highest BCUT2D eigenvalue weighted by atomic mass is 32.2. The summed E-state index contributed by atoms with van der Waals surface area (Å²) >= 11 is 0. The number of imide groups is 1. The Morgan fingerprint density at radius 3 is 2.63 bits per heavy atom. The van der Waals surface area contributed by atoms with E-state index in [2.05, 4.69) is 20.3 Å². The van der Waals surface area contributed by atoms with Crippen LogP contribution in [0.5, 0.6) is 0 Å². The number of hydrogen-bond donors (Lipinski definition) is 3. The van der Waals surface area contributed by atoms with Gasteiger partial charge in [0.2, 0.25) is 10.0 Å². The maximum atomic E-state index is 13.4. The molecule has 2 atom stereocenters. The molecule has 3 N–H and O–H groups in total. The highest BCUT2D eigenvalue weighted by molar-refractivity contribution is 7.89. The minimum Gasteiger partial charge on any atom is -0.454 e. The van der Waals surface area contributed by atoms with Crippen molar-refractivity contribution in [2.24, 2.45) is 5.92 Å². The number of benzene rings is 2. The summed E-state index contributed by atoms with van der Waals surface area (Å²) in [4.78, 5) is 28.7. The second kappa shape index (κ2) is 7.89. The molecule has 2 aromatic carbocycles. The molecule has 1 saturated carbocycles. The molecule has 35 heavy (non-hydrogen) atoms. The third-order valence-corrected chi connectivity index (χ3v) is 8.47. The van der Waals surface area contributed by atoms with Crippen molar-refractivity contribution in [2.45, 2.75) is 29.7 Å². The fourth-order valence-corrected chi connectivity index (χ4v) is 6.52. The number of amides is 3. The number of sulfonamides is 1. The second-order valence-corrected chi connectivity index (χ2v) is 10.7. The summed E-state index contributed by atoms with van der Waals surface area (Å²) in [7, 11) is -3.96. The van der Waals surface area contributed by atoms with Crippen molar-refractivity contribution in [3.63, 3.8) is 0 Å². The molecule has 10 heteroatoms. The molecule has 0 bridgehead atoms. The van der Waals surface area contributed by atoms with Crippen molar-refractivity contribution in [3.05, 3.63) is 60.8 Å². The third-order valence-electron chi connectivity index (χ3n) is 7.02. The number of hydrogen-bond acceptors (Lipinski definition) is 6. The number of carbonyl (C=O) groups is 2. The number of rotatable bonds is 5. The Kier molecular flexibility index (Phi) is 4.90. The highest BCUT2D eigenvalue weighted by Crippen LogP contribution is 2.38. The number of pyridine rings is 1. The van der Waals surface area contributed by atoms with Crippen LogP contribution >= 0.6 is 0 Å². The average Bonchev–Trinajstić information content (AvgIpc) is 3.54. The van der Waals surface area contributed by atoms with Gasteiger partial charge in [-0.15, -0.1) is 0 Å². The van der Waals surface area contributed by atoms with E-state index in [0.717, 1.165) is 17.4 Å². The van der Waals surface area contributed by atoms with Crippen LogP contribution < -0.4 is 15.4 Å². The predicted octanol–water partition coefficient (Wildman–Crippen LogP) is 3.30. The van der Waals surface area contributed by atoms with Crippen molar-refractivity contribution in [2.75, 3.05) is 6.54 Å². The molecule has 1 aliphatic carbocycles. The number of carbonyl (C=O) groups excluding carboxylic acids is 2. The number of fused-ring (bicyclic) bond motifs is 2. The van der Waals surface area contributed by atoms with Gasteiger partial charge in [-0.05, 0) is 25.0 Å². The van der Waals surface area contributed by atoms with Gasteiger partial charge in [0.25, 0.3) is 5.91 Å². The lowest BCUT2D eigenvalue weighted by atomic mass is 9.87. The average molecular weight is 491 g/mol. The van der Waals surface area contributed by atoms with Gasteiger partial charge in [-0.2, -0.15) is 0 Å². The molecule has 3 heterocycles. The Morgan fingerprint density at radius 1 is 1.09 bits per heavy atom. The quantitative estimate of drug-likeness (QED) is 0.368. The van der Waals surface area contributed by atoms with Gasteiger partial charge in [-0.3, -0.25) is 15.1 Å². The molecule has 2 aliphatic rings. The zero-order valence-electron chi connectivity index (χ0n) is 18.6. The second-order valence-electron chi connectivity index (χ2n) is 8.99. The third kappa shape index (κ3) is 3.48. The summed E-state index contributed by atoms with van der Waals surface area (Å²) in [5.74, 6) is -0.195. The normalized spacial score (nSPS) is 22.2. The number of nitrogens with one attached hydrogen (secondary N) is 3. The van der Waals surface area contributed by atoms with Gasteiger partial charge >= 0.3 is 6.03 Å². The first-order valence-corrected chi connectivity index (χ1v) is 12.9. The topological polar surface area (TPSA) is 130 Å². The Hall–Kier alpha value is -3.76. The molecule has 1 saturated heterocycles. The van der Waals surface area contributed by atoms with Crippen LogP contribution in [0.1, 0.15) is 19.3 Å². The molecule has 2 unspecified atom stereocenters. The van der Waals surface area contributed by atoms with Gasteiger partial charge in [0.15, 0.2) is 5.76 Å². The Balaban J connectivity index is 1.34. The lowest BCUT2D eigenvalue weighted by molar-refractivity contribution is -0.125. The summed E-state index contributed by atoms with van der Waals surface area (Å²) < 4.78 is 35.4. The first-order chi connectivity index (χ1) is 16.9. The zero-order chi connectivity index (χ0) is 24.2. The zero-order valence-corrected chi connectivity index (χ0v) is 19.4. The first kappa shape index (κ1) is 21.8. The van der Waals surface area contributed by atoms with Crippen LogP contribution in [0, 0.1) is 5.92 Å². The summed E-state index contributed by atoms with van der Waals surface area (Å²) in [6.07, 6.45) is 3.16. The molecule has 1 spiro atoms. The van der Waals surface area contributed by atoms with Crippen LogP contribution in [0.3, 0.4) is 0 Å². The molecular formula is C25H22N4O5S. The van der Waals surface area contributed by atoms with Crippen LogP contribution in [0.15, 0.2) is 70.1 Å². The summed E-state index contributed by atoms with van der Waals surface area (Å²) in [6.45, 7) is 0.0235. The van der Waals surface area contributed by atoms with Crippen molar-refractivity contribution in [1.29, 1.82) is 0 Å². The van der Waals surface area contributed by atoms with Gasteiger partial charge in [0, 0.05) is 34.8 Å². The van der Waals surface area contributed by atoms with Gasteiger partial charge in [0.05, 0.1) is 0 Å². The molecule has 9 nitrogen and oxygen atoms in total. The van der Waals surface area contributed by atoms with Crippen molar-refractivity contribution in [3.8, 4) is 11.5 Å². The Morgan fingerprint density at radius 2 is 1.86 bits per heavy atom. The lowest BCUT2D eigenvalue weighted by Gasteiger charge is -2.28. The van der Waals surface area contributed by atoms with Crippen LogP contribution in [0.25, 0.3) is 33.2 Å². The molecule has 178 valence electrons. The molecule has 3 amide bonds. The SMILES string of the molecule is O=C1NC(=O)C2(CCCC2CNS(=O)(=O)c2cnc(-c3cc4ccccc4o3)c3ccccc23)N1. The molecule has 2 aromatic heterocycles. The van der Waals surface area contributed by atoms with Gasteiger partial charge in [-0.1, -0.05) is 48.9 Å². The lowest BCUT2D eigenvalue weighted by Crippen LogP contribution is -2.53. The first-order valence-electron chi connectivity index (χ1n) is 11.4. The standard InChI is InChI=1S/C25H22N4O5S/c30-23-25(29-24(31)28-23)11-5-7-16(25)13-27-35(32,33)21-14-26-22(18-9-3-2-8-17(18)21)20-12-15-6-1-4-10-19(15)34-20/h1-4,6,8-10,12,14,16,27H,5,7,11,13H2,(H2,28,29,30,31). The molecule has 4 aromatic rings. The largest absolute Gasteiger partial charge is 0.454 e. The Labute approximate surface area is 201 Å². The van der Waals surface area contributed by atoms with E-state index in [1.165, 1.54) is 6.20 Å². The molecule has 6 rings (SSSR count). The monoisotopic (exact) mass is 490 g/mol. The number of para-hydroxylation sites is 1. The fourth-order valence-electron chi connectivity index (χ4n) is 5.29. The minimum atomic E-state index is -3.96. The van der Waals surface area contributed by atoms with E-state index in [1.807, 2.05) is 42.5 Å². The summed E-state index contributed by atoms with van der Waals surface area (Å²) in [5.41, 5.74) is 0.210.